The van der Waals surface area contributed by atoms with Gasteiger partial charge in [-0.3, -0.25) is 0 Å². The second kappa shape index (κ2) is 5.96. The molecule has 0 spiro atoms. The zero-order valence-electron chi connectivity index (χ0n) is 11.3. The van der Waals surface area contributed by atoms with Crippen LogP contribution in [0.25, 0.3) is 0 Å². The van der Waals surface area contributed by atoms with Crippen LogP contribution in [0.3, 0.4) is 0 Å². The van der Waals surface area contributed by atoms with Crippen LogP contribution in [0.15, 0.2) is 0 Å². The first kappa shape index (κ1) is 15.8. The predicted octanol–water partition coefficient (Wildman–Crippen LogP) is 1.75. The molecule has 0 amide bonds. The highest BCUT2D eigenvalue weighted by Crippen LogP contribution is 2.20. The molecule has 2 N–H and O–H groups in total. The summed E-state index contributed by atoms with van der Waals surface area (Å²) in [5.41, 5.74) is -0.460. The molecule has 0 rings (SSSR count). The Morgan fingerprint density at radius 2 is 1.00 bits per heavy atom. The van der Waals surface area contributed by atoms with Gasteiger partial charge in [-0.25, -0.2) is 9.78 Å². The van der Waals surface area contributed by atoms with Crippen LogP contribution in [0, 0.1) is 10.8 Å². The van der Waals surface area contributed by atoms with Crippen molar-refractivity contribution in [1.82, 2.24) is 0 Å². The minimum Gasteiger partial charge on any atom is -0.390 e. The Morgan fingerprint density at radius 3 is 1.19 bits per heavy atom. The Kier molecular flexibility index (Phi) is 5.90. The van der Waals surface area contributed by atoms with E-state index in [1.165, 1.54) is 0 Å². The molecule has 4 nitrogen and oxygen atoms in total. The van der Waals surface area contributed by atoms with E-state index in [1.54, 1.807) is 0 Å². The summed E-state index contributed by atoms with van der Waals surface area (Å²) >= 11 is 0. The predicted molar refractivity (Wildman–Crippen MR) is 62.8 cm³/mol. The molecule has 0 aromatic rings. The lowest BCUT2D eigenvalue weighted by Gasteiger charge is -2.27. The van der Waals surface area contributed by atoms with Crippen LogP contribution < -0.4 is 0 Å². The molecule has 0 aromatic heterocycles. The van der Waals surface area contributed by atoms with Gasteiger partial charge in [-0.2, -0.15) is 0 Å². The van der Waals surface area contributed by atoms with Crippen LogP contribution in [0.4, 0.5) is 0 Å². The molecule has 2 unspecified atom stereocenters. The van der Waals surface area contributed by atoms with E-state index in [9.17, 15) is 10.2 Å². The average molecular weight is 234 g/mol. The van der Waals surface area contributed by atoms with E-state index >= 15 is 0 Å². The van der Waals surface area contributed by atoms with Crippen molar-refractivity contribution in [3.8, 4) is 0 Å². The normalized spacial score (nSPS) is 17.2. The van der Waals surface area contributed by atoms with Gasteiger partial charge in [0.2, 0.25) is 0 Å². The first-order chi connectivity index (χ1) is 7.05. The molecular formula is C12H26O4. The van der Waals surface area contributed by atoms with E-state index in [0.29, 0.717) is 0 Å². The molecule has 0 bridgehead atoms. The number of aliphatic hydroxyl groups excluding tert-OH is 2. The first-order valence-corrected chi connectivity index (χ1v) is 5.65. The van der Waals surface area contributed by atoms with Gasteiger partial charge < -0.3 is 10.2 Å². The van der Waals surface area contributed by atoms with Crippen LogP contribution >= 0.6 is 0 Å². The molecule has 0 aliphatic rings. The fourth-order valence-electron chi connectivity index (χ4n) is 0.725. The fourth-order valence-corrected chi connectivity index (χ4v) is 0.725. The summed E-state index contributed by atoms with van der Waals surface area (Å²) in [5.74, 6) is 0. The molecule has 0 heterocycles. The minimum atomic E-state index is -0.584. The van der Waals surface area contributed by atoms with Gasteiger partial charge in [0, 0.05) is 0 Å². The van der Waals surface area contributed by atoms with Crippen LogP contribution in [0.2, 0.25) is 0 Å². The van der Waals surface area contributed by atoms with E-state index < -0.39 is 12.2 Å². The van der Waals surface area contributed by atoms with Gasteiger partial charge in [-0.05, 0) is 10.8 Å². The quantitative estimate of drug-likeness (QED) is 0.432. The average Bonchev–Trinajstić information content (AvgIpc) is 2.08. The van der Waals surface area contributed by atoms with Crippen molar-refractivity contribution in [3.05, 3.63) is 0 Å². The van der Waals surface area contributed by atoms with Crippen molar-refractivity contribution in [2.75, 3.05) is 13.2 Å². The molecule has 0 aromatic carbocycles. The van der Waals surface area contributed by atoms with E-state index in [2.05, 4.69) is 0 Å². The number of hydrogen-bond donors (Lipinski definition) is 2. The van der Waals surface area contributed by atoms with E-state index in [-0.39, 0.29) is 24.0 Å². The molecule has 0 fully saturated rings. The molecule has 98 valence electrons. The van der Waals surface area contributed by atoms with Gasteiger partial charge in [0.05, 0.1) is 12.2 Å². The molecule has 0 radical (unpaired) electrons. The summed E-state index contributed by atoms with van der Waals surface area (Å²) in [6.45, 7) is 11.8. The third kappa shape index (κ3) is 6.43. The minimum absolute atomic E-state index is 0.111. The Morgan fingerprint density at radius 1 is 0.750 bits per heavy atom. The lowest BCUT2D eigenvalue weighted by atomic mass is 9.90. The van der Waals surface area contributed by atoms with E-state index in [1.807, 2.05) is 41.5 Å². The molecule has 16 heavy (non-hydrogen) atoms. The largest absolute Gasteiger partial charge is 0.390 e. The molecule has 4 heteroatoms. The Hall–Kier alpha value is -0.160. The summed E-state index contributed by atoms with van der Waals surface area (Å²) in [4.78, 5) is 9.76. The Bertz CT molecular complexity index is 168. The lowest BCUT2D eigenvalue weighted by molar-refractivity contribution is -0.323. The van der Waals surface area contributed by atoms with Crippen molar-refractivity contribution in [3.63, 3.8) is 0 Å². The fraction of sp³-hybridized carbons (Fsp3) is 1.00. The van der Waals surface area contributed by atoms with Crippen molar-refractivity contribution in [1.29, 1.82) is 0 Å². The Balaban J connectivity index is 3.70. The van der Waals surface area contributed by atoms with Gasteiger partial charge in [-0.1, -0.05) is 41.5 Å². The Labute approximate surface area is 98.5 Å². The van der Waals surface area contributed by atoms with Crippen molar-refractivity contribution >= 4 is 0 Å². The molecule has 0 saturated carbocycles. The lowest BCUT2D eigenvalue weighted by Crippen LogP contribution is -2.33. The number of rotatable bonds is 5. The highest BCUT2D eigenvalue weighted by atomic mass is 17.2. The molecule has 0 saturated heterocycles. The van der Waals surface area contributed by atoms with Gasteiger partial charge in [-0.15, -0.1) is 0 Å². The second-order valence-corrected chi connectivity index (χ2v) is 6.33. The third-order valence-corrected chi connectivity index (χ3v) is 2.53. The number of aliphatic hydroxyl groups is 2. The zero-order valence-corrected chi connectivity index (χ0v) is 11.3. The van der Waals surface area contributed by atoms with Crippen molar-refractivity contribution in [2.45, 2.75) is 53.8 Å². The zero-order chi connectivity index (χ0) is 13.0. The summed E-state index contributed by atoms with van der Waals surface area (Å²) in [6.07, 6.45) is -1.17. The number of hydrogen-bond acceptors (Lipinski definition) is 4. The summed E-state index contributed by atoms with van der Waals surface area (Å²) in [5, 5.41) is 19.3. The van der Waals surface area contributed by atoms with Gasteiger partial charge in [0.25, 0.3) is 0 Å². The van der Waals surface area contributed by atoms with Crippen LogP contribution in [-0.4, -0.2) is 35.6 Å². The van der Waals surface area contributed by atoms with Gasteiger partial charge >= 0.3 is 0 Å². The standard InChI is InChI=1S/C12H26O4/c1-11(2,3)9(13)7-15-16-8-10(14)12(4,5)6/h9-10,13-14H,7-8H2,1-6H3. The molecular weight excluding hydrogens is 208 g/mol. The molecule has 0 aliphatic heterocycles. The summed E-state index contributed by atoms with van der Waals surface area (Å²) < 4.78 is 0. The topological polar surface area (TPSA) is 58.9 Å². The smallest absolute Gasteiger partial charge is 0.109 e. The van der Waals surface area contributed by atoms with Crippen molar-refractivity contribution in [2.24, 2.45) is 10.8 Å². The van der Waals surface area contributed by atoms with Gasteiger partial charge in [0.1, 0.15) is 13.2 Å². The van der Waals surface area contributed by atoms with Crippen LogP contribution in [-0.2, 0) is 9.78 Å². The summed E-state index contributed by atoms with van der Waals surface area (Å²) in [6, 6.07) is 0. The summed E-state index contributed by atoms with van der Waals surface area (Å²) in [7, 11) is 0. The second-order valence-electron chi connectivity index (χ2n) is 6.33. The highest BCUT2D eigenvalue weighted by molar-refractivity contribution is 4.72. The molecule has 0 aliphatic carbocycles. The van der Waals surface area contributed by atoms with Gasteiger partial charge in [0.15, 0.2) is 0 Å². The van der Waals surface area contributed by atoms with Crippen LogP contribution in [0.1, 0.15) is 41.5 Å². The maximum Gasteiger partial charge on any atom is 0.109 e. The van der Waals surface area contributed by atoms with E-state index in [4.69, 9.17) is 9.78 Å². The first-order valence-electron chi connectivity index (χ1n) is 5.65. The van der Waals surface area contributed by atoms with Crippen molar-refractivity contribution < 1.29 is 20.0 Å². The monoisotopic (exact) mass is 234 g/mol. The molecule has 2 atom stereocenters. The third-order valence-electron chi connectivity index (χ3n) is 2.53. The van der Waals surface area contributed by atoms with E-state index in [0.717, 1.165) is 0 Å². The van der Waals surface area contributed by atoms with Crippen LogP contribution in [0.5, 0.6) is 0 Å². The highest BCUT2D eigenvalue weighted by Gasteiger charge is 2.24. The maximum absolute atomic E-state index is 9.64. The SMILES string of the molecule is CC(C)(C)C(O)COOCC(O)C(C)(C)C. The maximum atomic E-state index is 9.64.